The first kappa shape index (κ1) is 22.1. The van der Waals surface area contributed by atoms with Crippen LogP contribution in [-0.4, -0.2) is 59.2 Å². The zero-order valence-corrected chi connectivity index (χ0v) is 18.4. The number of piperidine rings is 1. The number of nitrogens with zero attached hydrogens (tertiary/aromatic N) is 2. The summed E-state index contributed by atoms with van der Waals surface area (Å²) in [6.45, 7) is 11.4. The van der Waals surface area contributed by atoms with Crippen LogP contribution in [0.4, 0.5) is 4.39 Å². The van der Waals surface area contributed by atoms with Gasteiger partial charge in [-0.1, -0.05) is 12.1 Å². The Morgan fingerprint density at radius 2 is 1.67 bits per heavy atom. The molecule has 0 bridgehead atoms. The molecular weight excluding hydrogens is 359 g/mol. The van der Waals surface area contributed by atoms with Gasteiger partial charge in [0.05, 0.1) is 0 Å². The summed E-state index contributed by atoms with van der Waals surface area (Å²) in [4.78, 5) is 4.33. The zero-order chi connectivity index (χ0) is 20.2. The van der Waals surface area contributed by atoms with Gasteiger partial charge in [-0.2, -0.15) is 0 Å². The molecule has 6 heteroatoms. The van der Waals surface area contributed by atoms with Crippen LogP contribution in [0.15, 0.2) is 24.3 Å². The average Bonchev–Trinajstić information content (AvgIpc) is 2.49. The summed E-state index contributed by atoms with van der Waals surface area (Å²) in [5.41, 5.74) is 1.20. The molecule has 1 aromatic carbocycles. The van der Waals surface area contributed by atoms with E-state index in [1.54, 1.807) is 0 Å². The van der Waals surface area contributed by atoms with Crippen molar-refractivity contribution in [1.82, 2.24) is 20.4 Å². The summed E-state index contributed by atoms with van der Waals surface area (Å²) in [6, 6.07) is 7.01. The van der Waals surface area contributed by atoms with Crippen molar-refractivity contribution < 1.29 is 4.39 Å². The van der Waals surface area contributed by atoms with E-state index in [-0.39, 0.29) is 16.9 Å². The van der Waals surface area contributed by atoms with Crippen molar-refractivity contribution in [2.24, 2.45) is 0 Å². The molecule has 0 unspecified atom stereocenters. The van der Waals surface area contributed by atoms with E-state index in [9.17, 15) is 4.39 Å². The number of hydrogen-bond donors (Lipinski definition) is 2. The van der Waals surface area contributed by atoms with Gasteiger partial charge in [0.25, 0.3) is 0 Å². The second-order valence-electron chi connectivity index (χ2n) is 9.30. The average molecular weight is 395 g/mol. The van der Waals surface area contributed by atoms with E-state index in [4.69, 9.17) is 12.2 Å². The van der Waals surface area contributed by atoms with Crippen molar-refractivity contribution in [3.05, 3.63) is 35.6 Å². The quantitative estimate of drug-likeness (QED) is 0.723. The third-order valence-electron chi connectivity index (χ3n) is 4.91. The van der Waals surface area contributed by atoms with Gasteiger partial charge in [-0.05, 0) is 84.5 Å². The first-order valence-corrected chi connectivity index (χ1v) is 10.1. The lowest BCUT2D eigenvalue weighted by molar-refractivity contribution is 0.153. The number of nitrogens with one attached hydrogen (secondary N) is 2. The Kier molecular flexibility index (Phi) is 7.22. The van der Waals surface area contributed by atoms with E-state index in [2.05, 4.69) is 62.2 Å². The van der Waals surface area contributed by atoms with Gasteiger partial charge in [0.2, 0.25) is 0 Å². The molecule has 1 fully saturated rings. The number of rotatable bonds is 6. The highest BCUT2D eigenvalue weighted by Gasteiger charge is 2.38. The second-order valence-corrected chi connectivity index (χ2v) is 9.69. The molecule has 4 nitrogen and oxygen atoms in total. The summed E-state index contributed by atoms with van der Waals surface area (Å²) in [7, 11) is 4.12. The fourth-order valence-electron chi connectivity index (χ4n) is 4.07. The standard InChI is InChI=1S/C21H35FN4S/c1-20(2)13-18(14-21(3,4)24-20)23-19(27)26(12-11-25(5)6)15-16-7-9-17(22)10-8-16/h7-10,18,24H,11-15H2,1-6H3,(H,23,27). The molecule has 1 aliphatic rings. The van der Waals surface area contributed by atoms with Crippen LogP contribution in [0.2, 0.25) is 0 Å². The second kappa shape index (κ2) is 8.84. The lowest BCUT2D eigenvalue weighted by atomic mass is 9.80. The lowest BCUT2D eigenvalue weighted by Crippen LogP contribution is -2.63. The van der Waals surface area contributed by atoms with Gasteiger partial charge >= 0.3 is 0 Å². The normalized spacial score (nSPS) is 19.1. The molecule has 1 heterocycles. The molecule has 152 valence electrons. The van der Waals surface area contributed by atoms with Gasteiger partial charge in [-0.25, -0.2) is 4.39 Å². The number of halogens is 1. The van der Waals surface area contributed by atoms with Crippen LogP contribution >= 0.6 is 12.2 Å². The van der Waals surface area contributed by atoms with Gasteiger partial charge < -0.3 is 20.4 Å². The Morgan fingerprint density at radius 3 is 2.19 bits per heavy atom. The molecule has 2 rings (SSSR count). The minimum atomic E-state index is -0.210. The molecule has 0 spiro atoms. The summed E-state index contributed by atoms with van der Waals surface area (Å²) in [6.07, 6.45) is 2.04. The largest absolute Gasteiger partial charge is 0.360 e. The van der Waals surface area contributed by atoms with Gasteiger partial charge in [-0.3, -0.25) is 0 Å². The van der Waals surface area contributed by atoms with Crippen molar-refractivity contribution in [3.8, 4) is 0 Å². The highest BCUT2D eigenvalue weighted by Crippen LogP contribution is 2.28. The topological polar surface area (TPSA) is 30.5 Å². The van der Waals surface area contributed by atoms with E-state index >= 15 is 0 Å². The Morgan fingerprint density at radius 1 is 1.11 bits per heavy atom. The number of likely N-dealkylation sites (N-methyl/N-ethyl adjacent to an activating group) is 1. The Bertz CT molecular complexity index is 612. The molecule has 1 aliphatic heterocycles. The molecule has 0 aromatic heterocycles. The highest BCUT2D eigenvalue weighted by atomic mass is 32.1. The zero-order valence-electron chi connectivity index (χ0n) is 17.6. The molecule has 0 radical (unpaired) electrons. The Labute approximate surface area is 169 Å². The van der Waals surface area contributed by atoms with Crippen molar-refractivity contribution >= 4 is 17.3 Å². The summed E-state index contributed by atoms with van der Waals surface area (Å²) < 4.78 is 13.2. The van der Waals surface area contributed by atoms with Crippen LogP contribution in [0.3, 0.4) is 0 Å². The molecule has 0 atom stereocenters. The predicted octanol–water partition coefficient (Wildman–Crippen LogP) is 3.37. The number of benzene rings is 1. The van der Waals surface area contributed by atoms with E-state index in [1.165, 1.54) is 12.1 Å². The summed E-state index contributed by atoms with van der Waals surface area (Å²) in [5.74, 6) is -0.210. The van der Waals surface area contributed by atoms with Gasteiger partial charge in [0.1, 0.15) is 5.82 Å². The van der Waals surface area contributed by atoms with Crippen molar-refractivity contribution in [2.75, 3.05) is 27.2 Å². The predicted molar refractivity (Wildman–Crippen MR) is 115 cm³/mol. The number of thiocarbonyl (C=S) groups is 1. The van der Waals surface area contributed by atoms with Crippen LogP contribution in [0, 0.1) is 5.82 Å². The monoisotopic (exact) mass is 394 g/mol. The third kappa shape index (κ3) is 7.35. The van der Waals surface area contributed by atoms with Crippen molar-refractivity contribution in [2.45, 2.75) is 64.2 Å². The van der Waals surface area contributed by atoms with Crippen molar-refractivity contribution in [1.29, 1.82) is 0 Å². The minimum Gasteiger partial charge on any atom is -0.360 e. The fraction of sp³-hybridized carbons (Fsp3) is 0.667. The maximum absolute atomic E-state index is 13.2. The molecule has 1 saturated heterocycles. The molecular formula is C21H35FN4S. The Hall–Kier alpha value is -1.24. The summed E-state index contributed by atoms with van der Waals surface area (Å²) >= 11 is 5.78. The van der Waals surface area contributed by atoms with Crippen molar-refractivity contribution in [3.63, 3.8) is 0 Å². The molecule has 0 aliphatic carbocycles. The smallest absolute Gasteiger partial charge is 0.169 e. The molecule has 1 aromatic rings. The Balaban J connectivity index is 2.06. The maximum Gasteiger partial charge on any atom is 0.169 e. The van der Waals surface area contributed by atoms with Gasteiger partial charge in [-0.15, -0.1) is 0 Å². The van der Waals surface area contributed by atoms with Crippen LogP contribution in [0.25, 0.3) is 0 Å². The number of hydrogen-bond acceptors (Lipinski definition) is 3. The third-order valence-corrected chi connectivity index (χ3v) is 5.28. The first-order chi connectivity index (χ1) is 12.5. The van der Waals surface area contributed by atoms with Crippen LogP contribution in [0.1, 0.15) is 46.1 Å². The molecule has 0 amide bonds. The maximum atomic E-state index is 13.2. The minimum absolute atomic E-state index is 0.0699. The van der Waals surface area contributed by atoms with E-state index in [0.29, 0.717) is 12.6 Å². The first-order valence-electron chi connectivity index (χ1n) is 9.70. The fourth-order valence-corrected chi connectivity index (χ4v) is 4.40. The molecule has 2 N–H and O–H groups in total. The lowest BCUT2D eigenvalue weighted by Gasteiger charge is -2.47. The van der Waals surface area contributed by atoms with Crippen LogP contribution < -0.4 is 10.6 Å². The van der Waals surface area contributed by atoms with Gasteiger partial charge in [0.15, 0.2) is 5.11 Å². The van der Waals surface area contributed by atoms with E-state index < -0.39 is 0 Å². The summed E-state index contributed by atoms with van der Waals surface area (Å²) in [5, 5.41) is 8.10. The highest BCUT2D eigenvalue weighted by molar-refractivity contribution is 7.80. The molecule has 27 heavy (non-hydrogen) atoms. The van der Waals surface area contributed by atoms with E-state index in [1.807, 2.05) is 12.1 Å². The van der Waals surface area contributed by atoms with E-state index in [0.717, 1.165) is 36.6 Å². The SMILES string of the molecule is CN(C)CCN(Cc1ccc(F)cc1)C(=S)NC1CC(C)(C)NC(C)(C)C1. The molecule has 0 saturated carbocycles. The van der Waals surface area contributed by atoms with Crippen LogP contribution in [0.5, 0.6) is 0 Å². The van der Waals surface area contributed by atoms with Crippen LogP contribution in [-0.2, 0) is 6.54 Å². The van der Waals surface area contributed by atoms with Gasteiger partial charge in [0, 0.05) is 36.8 Å².